The third kappa shape index (κ3) is 8.81. The number of aliphatic hydroxyl groups is 2. The van der Waals surface area contributed by atoms with E-state index in [-0.39, 0.29) is 12.6 Å². The van der Waals surface area contributed by atoms with Gasteiger partial charge in [-0.05, 0) is 19.3 Å². The molecule has 4 nitrogen and oxygen atoms in total. The molecule has 0 aliphatic rings. The maximum atomic E-state index is 9.49. The number of hydrogen-bond donors (Lipinski definition) is 3. The van der Waals surface area contributed by atoms with Crippen molar-refractivity contribution in [2.24, 2.45) is 5.92 Å². The van der Waals surface area contributed by atoms with Gasteiger partial charge in [-0.2, -0.15) is 0 Å². The zero-order chi connectivity index (χ0) is 11.7. The predicted octanol–water partition coefficient (Wildman–Crippen LogP) is 0.380. The van der Waals surface area contributed by atoms with Gasteiger partial charge in [0.1, 0.15) is 0 Å². The van der Waals surface area contributed by atoms with Crippen molar-refractivity contribution >= 4 is 0 Å². The van der Waals surface area contributed by atoms with E-state index in [2.05, 4.69) is 19.2 Å². The van der Waals surface area contributed by atoms with Crippen LogP contribution in [0.3, 0.4) is 0 Å². The monoisotopic (exact) mass is 219 g/mol. The van der Waals surface area contributed by atoms with E-state index in [0.29, 0.717) is 25.7 Å². The Morgan fingerprint density at radius 2 is 2.00 bits per heavy atom. The second-order valence-electron chi connectivity index (χ2n) is 4.23. The van der Waals surface area contributed by atoms with Crippen LogP contribution in [0.25, 0.3) is 0 Å². The van der Waals surface area contributed by atoms with Crippen LogP contribution in [0.2, 0.25) is 0 Å². The van der Waals surface area contributed by atoms with Crippen molar-refractivity contribution in [2.45, 2.75) is 39.3 Å². The molecule has 2 unspecified atom stereocenters. The number of aliphatic hydroxyl groups excluding tert-OH is 2. The quantitative estimate of drug-likeness (QED) is 0.525. The molecule has 0 fully saturated rings. The van der Waals surface area contributed by atoms with Crippen molar-refractivity contribution in [3.63, 3.8) is 0 Å². The molecule has 15 heavy (non-hydrogen) atoms. The van der Waals surface area contributed by atoms with Crippen molar-refractivity contribution in [1.29, 1.82) is 0 Å². The molecule has 0 aromatic rings. The second kappa shape index (κ2) is 9.09. The van der Waals surface area contributed by atoms with Gasteiger partial charge in [0.2, 0.25) is 0 Å². The van der Waals surface area contributed by atoms with Crippen LogP contribution in [0, 0.1) is 5.92 Å². The Kier molecular flexibility index (Phi) is 9.00. The highest BCUT2D eigenvalue weighted by Crippen LogP contribution is 2.03. The summed E-state index contributed by atoms with van der Waals surface area (Å²) in [5, 5.41) is 21.7. The van der Waals surface area contributed by atoms with Gasteiger partial charge < -0.3 is 20.3 Å². The van der Waals surface area contributed by atoms with Gasteiger partial charge in [0.15, 0.2) is 0 Å². The van der Waals surface area contributed by atoms with Crippen LogP contribution in [0.15, 0.2) is 0 Å². The SMILES string of the molecule is CCOCC(O)CNC(CO)CC(C)C. The van der Waals surface area contributed by atoms with E-state index < -0.39 is 6.10 Å². The van der Waals surface area contributed by atoms with Crippen molar-refractivity contribution in [1.82, 2.24) is 5.32 Å². The summed E-state index contributed by atoms with van der Waals surface area (Å²) < 4.78 is 5.09. The first-order chi connectivity index (χ1) is 7.10. The molecule has 0 aromatic carbocycles. The van der Waals surface area contributed by atoms with Gasteiger partial charge in [0.05, 0.1) is 19.3 Å². The first-order valence-corrected chi connectivity index (χ1v) is 5.70. The number of nitrogens with one attached hydrogen (secondary N) is 1. The Labute approximate surface area is 92.6 Å². The van der Waals surface area contributed by atoms with Crippen LogP contribution in [-0.4, -0.2) is 48.7 Å². The summed E-state index contributed by atoms with van der Waals surface area (Å²) >= 11 is 0. The van der Waals surface area contributed by atoms with Gasteiger partial charge in [-0.3, -0.25) is 0 Å². The Morgan fingerprint density at radius 1 is 1.33 bits per heavy atom. The van der Waals surface area contributed by atoms with E-state index in [0.717, 1.165) is 6.42 Å². The topological polar surface area (TPSA) is 61.7 Å². The number of rotatable bonds is 9. The van der Waals surface area contributed by atoms with Crippen LogP contribution >= 0.6 is 0 Å². The van der Waals surface area contributed by atoms with Gasteiger partial charge in [-0.1, -0.05) is 13.8 Å². The molecule has 4 heteroatoms. The standard InChI is InChI=1S/C11H25NO3/c1-4-15-8-11(14)6-12-10(7-13)5-9(2)3/h9-14H,4-8H2,1-3H3. The molecular formula is C11H25NO3. The van der Waals surface area contributed by atoms with Gasteiger partial charge in [0, 0.05) is 19.2 Å². The molecule has 92 valence electrons. The normalized spacial score (nSPS) is 15.6. The Bertz CT molecular complexity index is 142. The lowest BCUT2D eigenvalue weighted by Gasteiger charge is -2.20. The van der Waals surface area contributed by atoms with Gasteiger partial charge >= 0.3 is 0 Å². The lowest BCUT2D eigenvalue weighted by atomic mass is 10.0. The Balaban J connectivity index is 3.60. The number of ether oxygens (including phenoxy) is 1. The summed E-state index contributed by atoms with van der Waals surface area (Å²) in [6.07, 6.45) is 0.420. The maximum Gasteiger partial charge on any atom is 0.0897 e. The highest BCUT2D eigenvalue weighted by atomic mass is 16.5. The summed E-state index contributed by atoms with van der Waals surface area (Å²) in [6, 6.07) is 0.0706. The minimum atomic E-state index is -0.494. The molecule has 0 aliphatic carbocycles. The molecular weight excluding hydrogens is 194 g/mol. The van der Waals surface area contributed by atoms with E-state index in [1.165, 1.54) is 0 Å². The lowest BCUT2D eigenvalue weighted by molar-refractivity contribution is 0.0395. The van der Waals surface area contributed by atoms with E-state index in [1.807, 2.05) is 6.92 Å². The zero-order valence-electron chi connectivity index (χ0n) is 10.1. The first kappa shape index (κ1) is 14.8. The molecule has 0 heterocycles. The van der Waals surface area contributed by atoms with Crippen molar-refractivity contribution in [2.75, 3.05) is 26.4 Å². The fraction of sp³-hybridized carbons (Fsp3) is 1.00. The highest BCUT2D eigenvalue weighted by molar-refractivity contribution is 4.69. The van der Waals surface area contributed by atoms with Crippen LogP contribution in [0.4, 0.5) is 0 Å². The molecule has 2 atom stereocenters. The molecule has 0 amide bonds. The van der Waals surface area contributed by atoms with Gasteiger partial charge in [-0.15, -0.1) is 0 Å². The molecule has 0 aromatic heterocycles. The molecule has 0 bridgehead atoms. The van der Waals surface area contributed by atoms with Crippen molar-refractivity contribution < 1.29 is 14.9 Å². The van der Waals surface area contributed by atoms with Crippen LogP contribution < -0.4 is 5.32 Å². The van der Waals surface area contributed by atoms with E-state index >= 15 is 0 Å². The average molecular weight is 219 g/mol. The minimum absolute atomic E-state index is 0.0706. The highest BCUT2D eigenvalue weighted by Gasteiger charge is 2.11. The molecule has 0 rings (SSSR count). The van der Waals surface area contributed by atoms with Crippen LogP contribution in [0.5, 0.6) is 0 Å². The molecule has 0 aliphatic heterocycles. The van der Waals surface area contributed by atoms with Crippen molar-refractivity contribution in [3.05, 3.63) is 0 Å². The molecule has 0 saturated carbocycles. The van der Waals surface area contributed by atoms with Crippen LogP contribution in [0.1, 0.15) is 27.2 Å². The molecule has 0 spiro atoms. The minimum Gasteiger partial charge on any atom is -0.395 e. The molecule has 0 radical (unpaired) electrons. The maximum absolute atomic E-state index is 9.49. The fourth-order valence-corrected chi connectivity index (χ4v) is 1.41. The zero-order valence-corrected chi connectivity index (χ0v) is 10.1. The summed E-state index contributed by atoms with van der Waals surface area (Å²) in [7, 11) is 0. The van der Waals surface area contributed by atoms with Crippen molar-refractivity contribution in [3.8, 4) is 0 Å². The lowest BCUT2D eigenvalue weighted by Crippen LogP contribution is -2.40. The second-order valence-corrected chi connectivity index (χ2v) is 4.23. The first-order valence-electron chi connectivity index (χ1n) is 5.70. The summed E-state index contributed by atoms with van der Waals surface area (Å²) in [5.41, 5.74) is 0. The average Bonchev–Trinajstić information content (AvgIpc) is 2.20. The fourth-order valence-electron chi connectivity index (χ4n) is 1.41. The summed E-state index contributed by atoms with van der Waals surface area (Å²) in [6.45, 7) is 7.67. The number of hydrogen-bond acceptors (Lipinski definition) is 4. The van der Waals surface area contributed by atoms with E-state index in [4.69, 9.17) is 9.84 Å². The van der Waals surface area contributed by atoms with Gasteiger partial charge in [-0.25, -0.2) is 0 Å². The Morgan fingerprint density at radius 3 is 2.47 bits per heavy atom. The van der Waals surface area contributed by atoms with Crippen LogP contribution in [-0.2, 0) is 4.74 Å². The van der Waals surface area contributed by atoms with E-state index in [9.17, 15) is 5.11 Å². The molecule has 3 N–H and O–H groups in total. The van der Waals surface area contributed by atoms with Gasteiger partial charge in [0.25, 0.3) is 0 Å². The third-order valence-corrected chi connectivity index (χ3v) is 2.13. The largest absolute Gasteiger partial charge is 0.395 e. The predicted molar refractivity (Wildman–Crippen MR) is 60.8 cm³/mol. The molecule has 0 saturated heterocycles. The summed E-state index contributed by atoms with van der Waals surface area (Å²) in [5.74, 6) is 0.540. The van der Waals surface area contributed by atoms with E-state index in [1.54, 1.807) is 0 Å². The smallest absolute Gasteiger partial charge is 0.0897 e. The Hall–Kier alpha value is -0.160. The summed E-state index contributed by atoms with van der Waals surface area (Å²) in [4.78, 5) is 0. The third-order valence-electron chi connectivity index (χ3n) is 2.13.